The van der Waals surface area contributed by atoms with E-state index < -0.39 is 6.10 Å². The van der Waals surface area contributed by atoms with Crippen LogP contribution in [0, 0.1) is 11.3 Å². The van der Waals surface area contributed by atoms with Gasteiger partial charge in [-0.05, 0) is 6.42 Å². The SMILES string of the molecule is C=CC[C@H](O)CC#N. The molecule has 8 heavy (non-hydrogen) atoms. The van der Waals surface area contributed by atoms with E-state index in [4.69, 9.17) is 10.4 Å². The molecule has 0 aromatic rings. The molecule has 44 valence electrons. The first-order chi connectivity index (χ1) is 3.81. The molecule has 0 fully saturated rings. The van der Waals surface area contributed by atoms with Crippen molar-refractivity contribution in [3.05, 3.63) is 12.7 Å². The van der Waals surface area contributed by atoms with Crippen LogP contribution < -0.4 is 0 Å². The molecule has 2 heteroatoms. The zero-order valence-corrected chi connectivity index (χ0v) is 4.67. The third kappa shape index (κ3) is 3.38. The normalized spacial score (nSPS) is 12.0. The largest absolute Gasteiger partial charge is 0.392 e. The minimum atomic E-state index is -0.516. The summed E-state index contributed by atoms with van der Waals surface area (Å²) in [6, 6.07) is 1.85. The Balaban J connectivity index is 3.20. The molecule has 1 atom stereocenters. The van der Waals surface area contributed by atoms with Crippen LogP contribution in [-0.4, -0.2) is 11.2 Å². The summed E-state index contributed by atoms with van der Waals surface area (Å²) in [6.07, 6.45) is 1.79. The van der Waals surface area contributed by atoms with Gasteiger partial charge in [-0.3, -0.25) is 0 Å². The topological polar surface area (TPSA) is 44.0 Å². The summed E-state index contributed by atoms with van der Waals surface area (Å²) < 4.78 is 0. The van der Waals surface area contributed by atoms with Gasteiger partial charge in [-0.1, -0.05) is 6.08 Å². The third-order valence-corrected chi connectivity index (χ3v) is 0.766. The van der Waals surface area contributed by atoms with E-state index in [1.807, 2.05) is 6.07 Å². The van der Waals surface area contributed by atoms with Crippen molar-refractivity contribution in [2.24, 2.45) is 0 Å². The van der Waals surface area contributed by atoms with Gasteiger partial charge in [0.15, 0.2) is 0 Å². The fourth-order valence-electron chi connectivity index (χ4n) is 0.381. The summed E-state index contributed by atoms with van der Waals surface area (Å²) in [6.45, 7) is 3.41. The van der Waals surface area contributed by atoms with E-state index in [-0.39, 0.29) is 6.42 Å². The standard InChI is InChI=1S/C6H9NO/c1-2-3-6(8)4-5-7/h2,6,8H,1,3-4H2/t6-/m0/s1. The molecule has 0 rings (SSSR count). The van der Waals surface area contributed by atoms with E-state index in [2.05, 4.69) is 6.58 Å². The number of rotatable bonds is 3. The fraction of sp³-hybridized carbons (Fsp3) is 0.500. The van der Waals surface area contributed by atoms with Crippen molar-refractivity contribution >= 4 is 0 Å². The number of aliphatic hydroxyl groups excluding tert-OH is 1. The Morgan fingerprint density at radius 2 is 2.50 bits per heavy atom. The van der Waals surface area contributed by atoms with Crippen LogP contribution in [0.25, 0.3) is 0 Å². The van der Waals surface area contributed by atoms with Crippen molar-refractivity contribution in [2.75, 3.05) is 0 Å². The maximum absolute atomic E-state index is 8.76. The molecule has 0 aliphatic heterocycles. The van der Waals surface area contributed by atoms with Crippen LogP contribution in [0.15, 0.2) is 12.7 Å². The van der Waals surface area contributed by atoms with E-state index in [9.17, 15) is 0 Å². The highest BCUT2D eigenvalue weighted by molar-refractivity contribution is 4.80. The second-order valence-corrected chi connectivity index (χ2v) is 1.54. The lowest BCUT2D eigenvalue weighted by atomic mass is 10.2. The van der Waals surface area contributed by atoms with Gasteiger partial charge >= 0.3 is 0 Å². The molecule has 0 bridgehead atoms. The fourth-order valence-corrected chi connectivity index (χ4v) is 0.381. The van der Waals surface area contributed by atoms with Crippen LogP contribution in [0.1, 0.15) is 12.8 Å². The van der Waals surface area contributed by atoms with Gasteiger partial charge in [0.25, 0.3) is 0 Å². The van der Waals surface area contributed by atoms with Crippen molar-refractivity contribution in [1.82, 2.24) is 0 Å². The average Bonchev–Trinajstić information content (AvgIpc) is 1.68. The molecule has 2 nitrogen and oxygen atoms in total. The Bertz CT molecular complexity index is 104. The minimum Gasteiger partial charge on any atom is -0.392 e. The molecule has 0 saturated heterocycles. The Morgan fingerprint density at radius 3 is 2.88 bits per heavy atom. The molecule has 0 radical (unpaired) electrons. The molecule has 0 saturated carbocycles. The molecule has 0 heterocycles. The molecule has 1 N–H and O–H groups in total. The molecular weight excluding hydrogens is 102 g/mol. The average molecular weight is 111 g/mol. The Hall–Kier alpha value is -0.810. The summed E-state index contributed by atoms with van der Waals surface area (Å²) in [5.41, 5.74) is 0. The van der Waals surface area contributed by atoms with Crippen molar-refractivity contribution in [2.45, 2.75) is 18.9 Å². The number of nitrogens with zero attached hydrogens (tertiary/aromatic N) is 1. The second-order valence-electron chi connectivity index (χ2n) is 1.54. The van der Waals surface area contributed by atoms with Crippen molar-refractivity contribution in [3.63, 3.8) is 0 Å². The van der Waals surface area contributed by atoms with Crippen LogP contribution in [0.2, 0.25) is 0 Å². The molecule has 0 aliphatic rings. The van der Waals surface area contributed by atoms with Crippen molar-refractivity contribution < 1.29 is 5.11 Å². The lowest BCUT2D eigenvalue weighted by Crippen LogP contribution is -2.01. The summed E-state index contributed by atoms with van der Waals surface area (Å²) in [5, 5.41) is 16.8. The number of hydrogen-bond acceptors (Lipinski definition) is 2. The minimum absolute atomic E-state index is 0.200. The molecule has 0 aromatic heterocycles. The van der Waals surface area contributed by atoms with Gasteiger partial charge in [0.2, 0.25) is 0 Å². The van der Waals surface area contributed by atoms with Crippen molar-refractivity contribution in [3.8, 4) is 6.07 Å². The van der Waals surface area contributed by atoms with Crippen LogP contribution in [0.3, 0.4) is 0 Å². The van der Waals surface area contributed by atoms with Gasteiger partial charge < -0.3 is 5.11 Å². The van der Waals surface area contributed by atoms with Crippen LogP contribution in [0.5, 0.6) is 0 Å². The number of nitriles is 1. The lowest BCUT2D eigenvalue weighted by Gasteiger charge is -1.97. The highest BCUT2D eigenvalue weighted by Gasteiger charge is 1.96. The predicted octanol–water partition coefficient (Wildman–Crippen LogP) is 0.837. The zero-order chi connectivity index (χ0) is 6.41. The van der Waals surface area contributed by atoms with E-state index in [1.165, 1.54) is 0 Å². The summed E-state index contributed by atoms with van der Waals surface area (Å²) in [4.78, 5) is 0. The molecular formula is C6H9NO. The van der Waals surface area contributed by atoms with Crippen LogP contribution in [0.4, 0.5) is 0 Å². The number of hydrogen-bond donors (Lipinski definition) is 1. The van der Waals surface area contributed by atoms with E-state index in [0.29, 0.717) is 6.42 Å². The summed E-state index contributed by atoms with van der Waals surface area (Å²) in [7, 11) is 0. The van der Waals surface area contributed by atoms with Crippen LogP contribution in [-0.2, 0) is 0 Å². The summed E-state index contributed by atoms with van der Waals surface area (Å²) in [5.74, 6) is 0. The van der Waals surface area contributed by atoms with Crippen LogP contribution >= 0.6 is 0 Å². The predicted molar refractivity (Wildman–Crippen MR) is 31.1 cm³/mol. The van der Waals surface area contributed by atoms with Gasteiger partial charge in [-0.15, -0.1) is 6.58 Å². The third-order valence-electron chi connectivity index (χ3n) is 0.766. The summed E-state index contributed by atoms with van der Waals surface area (Å²) >= 11 is 0. The van der Waals surface area contributed by atoms with Gasteiger partial charge in [0.1, 0.15) is 0 Å². The molecule has 0 spiro atoms. The second kappa shape index (κ2) is 4.35. The van der Waals surface area contributed by atoms with E-state index in [0.717, 1.165) is 0 Å². The van der Waals surface area contributed by atoms with Crippen molar-refractivity contribution in [1.29, 1.82) is 5.26 Å². The lowest BCUT2D eigenvalue weighted by molar-refractivity contribution is 0.183. The maximum atomic E-state index is 8.76. The molecule has 0 unspecified atom stereocenters. The smallest absolute Gasteiger partial charge is 0.0704 e. The van der Waals surface area contributed by atoms with E-state index >= 15 is 0 Å². The maximum Gasteiger partial charge on any atom is 0.0704 e. The molecule has 0 aromatic carbocycles. The Kier molecular flexibility index (Phi) is 3.91. The first-order valence-electron chi connectivity index (χ1n) is 2.47. The monoisotopic (exact) mass is 111 g/mol. The first kappa shape index (κ1) is 7.19. The van der Waals surface area contributed by atoms with E-state index in [1.54, 1.807) is 6.08 Å². The van der Waals surface area contributed by atoms with Gasteiger partial charge in [0, 0.05) is 0 Å². The quantitative estimate of drug-likeness (QED) is 0.548. The number of aliphatic hydroxyl groups is 1. The Morgan fingerprint density at radius 1 is 1.88 bits per heavy atom. The highest BCUT2D eigenvalue weighted by Crippen LogP contribution is 1.94. The van der Waals surface area contributed by atoms with Gasteiger partial charge in [0.05, 0.1) is 18.6 Å². The molecule has 0 aliphatic carbocycles. The first-order valence-corrected chi connectivity index (χ1v) is 2.47. The highest BCUT2D eigenvalue weighted by atomic mass is 16.3. The Labute approximate surface area is 49.1 Å². The molecule has 0 amide bonds. The van der Waals surface area contributed by atoms with Gasteiger partial charge in [-0.2, -0.15) is 5.26 Å². The zero-order valence-electron chi connectivity index (χ0n) is 4.67. The van der Waals surface area contributed by atoms with Gasteiger partial charge in [-0.25, -0.2) is 0 Å².